The summed E-state index contributed by atoms with van der Waals surface area (Å²) in [5.74, 6) is 1.51. The number of hydrogen-bond acceptors (Lipinski definition) is 4. The molecule has 2 fully saturated rings. The van der Waals surface area contributed by atoms with Crippen molar-refractivity contribution < 1.29 is 0 Å². The Labute approximate surface area is 101 Å². The summed E-state index contributed by atoms with van der Waals surface area (Å²) in [5, 5.41) is 1.38. The topological polar surface area (TPSA) is 42.2 Å². The minimum absolute atomic E-state index is 0.715. The van der Waals surface area contributed by atoms with Gasteiger partial charge in [0, 0.05) is 18.2 Å². The van der Waals surface area contributed by atoms with Crippen molar-refractivity contribution in [2.45, 2.75) is 51.0 Å². The molecule has 3 nitrogen and oxygen atoms in total. The summed E-state index contributed by atoms with van der Waals surface area (Å²) < 4.78 is 4.37. The summed E-state index contributed by atoms with van der Waals surface area (Å²) in [6.07, 6.45) is 6.50. The van der Waals surface area contributed by atoms with E-state index in [9.17, 15) is 0 Å². The highest BCUT2D eigenvalue weighted by atomic mass is 32.1. The molecule has 88 valence electrons. The van der Waals surface area contributed by atoms with E-state index in [0.29, 0.717) is 5.92 Å². The number of nitrogens with two attached hydrogens (primary N) is 1. The molecule has 2 aliphatic rings. The monoisotopic (exact) mass is 237 g/mol. The lowest BCUT2D eigenvalue weighted by atomic mass is 10.1. The van der Waals surface area contributed by atoms with Gasteiger partial charge in [0.15, 0.2) is 0 Å². The maximum absolute atomic E-state index is 6.01. The van der Waals surface area contributed by atoms with Crippen molar-refractivity contribution in [3.8, 4) is 0 Å². The van der Waals surface area contributed by atoms with Crippen LogP contribution in [0.5, 0.6) is 0 Å². The van der Waals surface area contributed by atoms with Gasteiger partial charge in [0.25, 0.3) is 0 Å². The Morgan fingerprint density at radius 2 is 2.25 bits per heavy atom. The Morgan fingerprint density at radius 1 is 1.44 bits per heavy atom. The van der Waals surface area contributed by atoms with E-state index in [0.717, 1.165) is 11.9 Å². The molecule has 1 aliphatic carbocycles. The second-order valence-corrected chi connectivity index (χ2v) is 5.71. The molecule has 1 saturated heterocycles. The molecular weight excluding hydrogens is 218 g/mol. The average Bonchev–Trinajstić information content (AvgIpc) is 2.89. The fourth-order valence-electron chi connectivity index (χ4n) is 2.79. The van der Waals surface area contributed by atoms with Gasteiger partial charge in [-0.1, -0.05) is 6.92 Å². The van der Waals surface area contributed by atoms with Crippen LogP contribution < -0.4 is 10.6 Å². The summed E-state index contributed by atoms with van der Waals surface area (Å²) in [4.78, 5) is 2.56. The Balaban J connectivity index is 1.93. The van der Waals surface area contributed by atoms with E-state index >= 15 is 0 Å². The summed E-state index contributed by atoms with van der Waals surface area (Å²) in [5.41, 5.74) is 7.38. The van der Waals surface area contributed by atoms with Gasteiger partial charge >= 0.3 is 0 Å². The van der Waals surface area contributed by atoms with Crippen molar-refractivity contribution in [2.24, 2.45) is 0 Å². The molecular formula is C12H19N3S. The van der Waals surface area contributed by atoms with Gasteiger partial charge < -0.3 is 10.6 Å². The number of nitrogen functional groups attached to an aromatic ring is 1. The molecule has 2 N–H and O–H groups in total. The minimum atomic E-state index is 0.715. The molecule has 4 heteroatoms. The van der Waals surface area contributed by atoms with Crippen molar-refractivity contribution in [1.29, 1.82) is 0 Å². The molecule has 0 amide bonds. The van der Waals surface area contributed by atoms with E-state index in [4.69, 9.17) is 5.73 Å². The summed E-state index contributed by atoms with van der Waals surface area (Å²) in [6.45, 7) is 3.48. The number of anilines is 2. The van der Waals surface area contributed by atoms with E-state index in [1.807, 2.05) is 0 Å². The van der Waals surface area contributed by atoms with Crippen LogP contribution >= 0.6 is 11.5 Å². The number of aromatic nitrogens is 1. The average molecular weight is 237 g/mol. The van der Waals surface area contributed by atoms with Crippen LogP contribution in [0.15, 0.2) is 0 Å². The zero-order chi connectivity index (χ0) is 11.1. The first kappa shape index (κ1) is 10.4. The quantitative estimate of drug-likeness (QED) is 0.878. The van der Waals surface area contributed by atoms with Crippen LogP contribution in [0.1, 0.15) is 50.5 Å². The molecule has 0 aromatic carbocycles. The number of rotatable bonds is 3. The SMILES string of the molecule is CCC1CCCN1c1snc(N)c1C1CC1. The Morgan fingerprint density at radius 3 is 2.94 bits per heavy atom. The highest BCUT2D eigenvalue weighted by Crippen LogP contribution is 2.50. The molecule has 3 rings (SSSR count). The van der Waals surface area contributed by atoms with Gasteiger partial charge in [-0.2, -0.15) is 4.37 Å². The fourth-order valence-corrected chi connectivity index (χ4v) is 3.79. The molecule has 1 saturated carbocycles. The molecule has 0 spiro atoms. The lowest BCUT2D eigenvalue weighted by Crippen LogP contribution is -2.28. The maximum Gasteiger partial charge on any atom is 0.142 e. The van der Waals surface area contributed by atoms with Crippen LogP contribution in [-0.4, -0.2) is 17.0 Å². The predicted molar refractivity (Wildman–Crippen MR) is 69.2 cm³/mol. The second-order valence-electron chi connectivity index (χ2n) is 4.96. The first-order valence-electron chi connectivity index (χ1n) is 6.33. The molecule has 0 bridgehead atoms. The molecule has 1 unspecified atom stereocenters. The zero-order valence-corrected chi connectivity index (χ0v) is 10.6. The predicted octanol–water partition coefficient (Wildman–Crippen LogP) is 2.98. The third-order valence-corrected chi connectivity index (χ3v) is 4.75. The highest BCUT2D eigenvalue weighted by molar-refractivity contribution is 7.10. The minimum Gasteiger partial charge on any atom is -0.383 e. The number of hydrogen-bond donors (Lipinski definition) is 1. The van der Waals surface area contributed by atoms with E-state index in [2.05, 4.69) is 16.2 Å². The van der Waals surface area contributed by atoms with Crippen LogP contribution in [0.4, 0.5) is 10.8 Å². The van der Waals surface area contributed by atoms with E-state index in [-0.39, 0.29) is 0 Å². The van der Waals surface area contributed by atoms with Gasteiger partial charge in [-0.05, 0) is 49.6 Å². The van der Waals surface area contributed by atoms with Gasteiger partial charge in [0.2, 0.25) is 0 Å². The maximum atomic E-state index is 6.01. The van der Waals surface area contributed by atoms with Gasteiger partial charge in [-0.15, -0.1) is 0 Å². The Hall–Kier alpha value is -0.770. The normalized spacial score (nSPS) is 25.3. The highest BCUT2D eigenvalue weighted by Gasteiger charge is 2.35. The summed E-state index contributed by atoms with van der Waals surface area (Å²) in [7, 11) is 0. The van der Waals surface area contributed by atoms with Crippen molar-refractivity contribution in [2.75, 3.05) is 17.2 Å². The van der Waals surface area contributed by atoms with Crippen LogP contribution in [0, 0.1) is 0 Å². The third kappa shape index (κ3) is 1.59. The van der Waals surface area contributed by atoms with Crippen molar-refractivity contribution in [3.63, 3.8) is 0 Å². The van der Waals surface area contributed by atoms with Gasteiger partial charge in [0.1, 0.15) is 10.8 Å². The fraction of sp³-hybridized carbons (Fsp3) is 0.750. The third-order valence-electron chi connectivity index (χ3n) is 3.83. The zero-order valence-electron chi connectivity index (χ0n) is 9.78. The smallest absolute Gasteiger partial charge is 0.142 e. The summed E-state index contributed by atoms with van der Waals surface area (Å²) in [6, 6.07) is 0.720. The number of nitrogens with zero attached hydrogens (tertiary/aromatic N) is 2. The van der Waals surface area contributed by atoms with Crippen molar-refractivity contribution in [1.82, 2.24) is 4.37 Å². The van der Waals surface area contributed by atoms with Gasteiger partial charge in [-0.25, -0.2) is 0 Å². The molecule has 2 heterocycles. The molecule has 16 heavy (non-hydrogen) atoms. The lowest BCUT2D eigenvalue weighted by Gasteiger charge is -2.25. The largest absolute Gasteiger partial charge is 0.383 e. The van der Waals surface area contributed by atoms with E-state index in [1.165, 1.54) is 49.2 Å². The molecule has 1 aromatic rings. The van der Waals surface area contributed by atoms with Gasteiger partial charge in [-0.3, -0.25) is 0 Å². The van der Waals surface area contributed by atoms with Gasteiger partial charge in [0.05, 0.1) is 0 Å². The van der Waals surface area contributed by atoms with Crippen molar-refractivity contribution in [3.05, 3.63) is 5.56 Å². The summed E-state index contributed by atoms with van der Waals surface area (Å²) >= 11 is 1.61. The second kappa shape index (κ2) is 3.91. The molecule has 1 aliphatic heterocycles. The molecule has 1 atom stereocenters. The molecule has 1 aromatic heterocycles. The van der Waals surface area contributed by atoms with Crippen LogP contribution in [-0.2, 0) is 0 Å². The standard InChI is InChI=1S/C12H19N3S/c1-2-9-4-3-7-15(9)12-10(8-5-6-8)11(13)14-16-12/h8-9H,2-7H2,1H3,(H2,13,14). The van der Waals surface area contributed by atoms with E-state index in [1.54, 1.807) is 11.5 Å². The van der Waals surface area contributed by atoms with Crippen LogP contribution in [0.2, 0.25) is 0 Å². The van der Waals surface area contributed by atoms with E-state index < -0.39 is 0 Å². The van der Waals surface area contributed by atoms with Crippen molar-refractivity contribution >= 4 is 22.4 Å². The first-order valence-corrected chi connectivity index (χ1v) is 7.10. The van der Waals surface area contributed by atoms with Crippen LogP contribution in [0.25, 0.3) is 0 Å². The Kier molecular flexibility index (Phi) is 2.54. The Bertz CT molecular complexity index is 384. The molecule has 0 radical (unpaired) electrons. The lowest BCUT2D eigenvalue weighted by molar-refractivity contribution is 0.647. The van der Waals surface area contributed by atoms with Crippen LogP contribution in [0.3, 0.4) is 0 Å². The first-order chi connectivity index (χ1) is 7.81.